The number of aliphatic carboxylic acids is 1. The maximum Gasteiger partial charge on any atom is 0.416 e. The van der Waals surface area contributed by atoms with E-state index in [1.54, 1.807) is 0 Å². The number of carboxylic acids is 1. The maximum atomic E-state index is 12.9. The highest BCUT2D eigenvalue weighted by atomic mass is 19.4. The molecule has 0 radical (unpaired) electrons. The quantitative estimate of drug-likeness (QED) is 0.454. The van der Waals surface area contributed by atoms with Crippen LogP contribution in [0.15, 0.2) is 36.4 Å². The van der Waals surface area contributed by atoms with Crippen molar-refractivity contribution in [2.24, 2.45) is 5.92 Å². The number of hydrogen-bond acceptors (Lipinski definition) is 3. The molecule has 0 aromatic heterocycles. The fraction of sp³-hybridized carbons (Fsp3) is 0.412. The number of ether oxygens (including phenoxy) is 1. The molecule has 10 heteroatoms. The molecule has 0 amide bonds. The first-order chi connectivity index (χ1) is 12.2. The molecule has 148 valence electrons. The number of rotatable bonds is 5. The first-order valence-corrected chi connectivity index (χ1v) is 7.62. The Kier molecular flexibility index (Phi) is 5.31. The van der Waals surface area contributed by atoms with E-state index in [4.69, 9.17) is 9.84 Å². The molecule has 1 saturated carbocycles. The van der Waals surface area contributed by atoms with Crippen molar-refractivity contribution in [2.45, 2.75) is 37.2 Å². The van der Waals surface area contributed by atoms with E-state index in [2.05, 4.69) is 6.58 Å². The normalized spacial score (nSPS) is 22.7. The lowest BCUT2D eigenvalue weighted by Gasteiger charge is -2.47. The second-order valence-electron chi connectivity index (χ2n) is 6.28. The number of hydrogen-bond donors (Lipinski definition) is 1. The maximum absolute atomic E-state index is 12.9. The zero-order valence-corrected chi connectivity index (χ0v) is 13.7. The van der Waals surface area contributed by atoms with Crippen molar-refractivity contribution in [3.63, 3.8) is 0 Å². The van der Waals surface area contributed by atoms with E-state index in [9.17, 15) is 35.9 Å². The van der Waals surface area contributed by atoms with Gasteiger partial charge in [-0.1, -0.05) is 18.7 Å². The molecule has 1 aliphatic rings. The first kappa shape index (κ1) is 20.8. The van der Waals surface area contributed by atoms with Gasteiger partial charge in [0.1, 0.15) is 5.60 Å². The van der Waals surface area contributed by atoms with Gasteiger partial charge in [0.25, 0.3) is 0 Å². The van der Waals surface area contributed by atoms with Crippen LogP contribution in [0.5, 0.6) is 0 Å². The van der Waals surface area contributed by atoms with Crippen LogP contribution in [-0.4, -0.2) is 23.2 Å². The van der Waals surface area contributed by atoms with Crippen molar-refractivity contribution >= 4 is 11.9 Å². The molecule has 0 saturated heterocycles. The molecule has 1 aromatic carbocycles. The Bertz CT molecular complexity index is 742. The minimum Gasteiger partial charge on any atom is -0.478 e. The number of halogens is 6. The molecule has 0 unspecified atom stereocenters. The van der Waals surface area contributed by atoms with Crippen molar-refractivity contribution < 1.29 is 45.8 Å². The first-order valence-electron chi connectivity index (χ1n) is 7.62. The van der Waals surface area contributed by atoms with Crippen LogP contribution in [0.1, 0.15) is 30.4 Å². The number of esters is 1. The molecule has 0 aliphatic heterocycles. The fourth-order valence-electron chi connectivity index (χ4n) is 2.81. The summed E-state index contributed by atoms with van der Waals surface area (Å²) in [6.45, 7) is 3.13. The van der Waals surface area contributed by atoms with Gasteiger partial charge in [-0.25, -0.2) is 4.79 Å². The van der Waals surface area contributed by atoms with Crippen LogP contribution in [0.3, 0.4) is 0 Å². The molecule has 0 heterocycles. The molecule has 27 heavy (non-hydrogen) atoms. The monoisotopic (exact) mass is 396 g/mol. The Morgan fingerprint density at radius 1 is 1.11 bits per heavy atom. The zero-order chi connectivity index (χ0) is 20.6. The molecular weight excluding hydrogens is 382 g/mol. The molecule has 0 bridgehead atoms. The fourth-order valence-corrected chi connectivity index (χ4v) is 2.81. The molecular formula is C17H14F6O4. The SMILES string of the molecule is C=C(CC(=O)OC1(c2ccc(C(F)(F)F)cc2)CC(C(F)(F)F)C1)C(=O)O. The second-order valence-corrected chi connectivity index (χ2v) is 6.28. The average Bonchev–Trinajstić information content (AvgIpc) is 2.48. The highest BCUT2D eigenvalue weighted by Gasteiger charge is 2.58. The van der Waals surface area contributed by atoms with Crippen molar-refractivity contribution in [3.05, 3.63) is 47.5 Å². The van der Waals surface area contributed by atoms with Crippen LogP contribution in [0.25, 0.3) is 0 Å². The zero-order valence-electron chi connectivity index (χ0n) is 13.7. The Morgan fingerprint density at radius 2 is 1.63 bits per heavy atom. The largest absolute Gasteiger partial charge is 0.478 e. The van der Waals surface area contributed by atoms with E-state index in [1.807, 2.05) is 0 Å². The summed E-state index contributed by atoms with van der Waals surface area (Å²) in [6.07, 6.45) is -11.3. The topological polar surface area (TPSA) is 63.6 Å². The number of carbonyl (C=O) groups excluding carboxylic acids is 1. The van der Waals surface area contributed by atoms with Gasteiger partial charge in [-0.3, -0.25) is 4.79 Å². The number of carbonyl (C=O) groups is 2. The van der Waals surface area contributed by atoms with E-state index < -0.39 is 66.2 Å². The highest BCUT2D eigenvalue weighted by molar-refractivity contribution is 5.91. The van der Waals surface area contributed by atoms with Gasteiger partial charge >= 0.3 is 24.3 Å². The van der Waals surface area contributed by atoms with Gasteiger partial charge in [0, 0.05) is 18.4 Å². The van der Waals surface area contributed by atoms with Crippen LogP contribution in [0, 0.1) is 5.92 Å². The molecule has 1 aromatic rings. The van der Waals surface area contributed by atoms with Gasteiger partial charge in [0.05, 0.1) is 17.9 Å². The molecule has 1 fully saturated rings. The lowest BCUT2D eigenvalue weighted by Crippen LogP contribution is -2.50. The molecule has 1 aliphatic carbocycles. The van der Waals surface area contributed by atoms with Gasteiger partial charge in [0.2, 0.25) is 0 Å². The minimum absolute atomic E-state index is 0.0229. The van der Waals surface area contributed by atoms with Crippen LogP contribution in [0.2, 0.25) is 0 Å². The van der Waals surface area contributed by atoms with E-state index in [1.165, 1.54) is 0 Å². The summed E-state index contributed by atoms with van der Waals surface area (Å²) in [5.74, 6) is -4.38. The standard InChI is InChI=1S/C17H14F6O4/c1-9(14(25)26)6-13(24)27-15(7-12(8-15)17(21,22)23)10-2-4-11(5-3-10)16(18,19)20/h2-5,12H,1,6-8H2,(H,25,26). The third kappa shape index (κ3) is 4.61. The summed E-state index contributed by atoms with van der Waals surface area (Å²) in [6, 6.07) is 3.27. The van der Waals surface area contributed by atoms with E-state index >= 15 is 0 Å². The van der Waals surface area contributed by atoms with Crippen LogP contribution < -0.4 is 0 Å². The molecule has 0 atom stereocenters. The van der Waals surface area contributed by atoms with Crippen molar-refractivity contribution in [3.8, 4) is 0 Å². The predicted molar refractivity (Wildman–Crippen MR) is 79.4 cm³/mol. The number of benzene rings is 1. The van der Waals surface area contributed by atoms with Crippen LogP contribution in [0.4, 0.5) is 26.3 Å². The van der Waals surface area contributed by atoms with E-state index in [-0.39, 0.29) is 5.56 Å². The Hall–Kier alpha value is -2.52. The van der Waals surface area contributed by atoms with Gasteiger partial charge < -0.3 is 9.84 Å². The third-order valence-electron chi connectivity index (χ3n) is 4.32. The van der Waals surface area contributed by atoms with Crippen LogP contribution in [-0.2, 0) is 26.1 Å². The van der Waals surface area contributed by atoms with Gasteiger partial charge in [-0.2, -0.15) is 26.3 Å². The lowest BCUT2D eigenvalue weighted by molar-refractivity contribution is -0.250. The second kappa shape index (κ2) is 6.90. The van der Waals surface area contributed by atoms with Gasteiger partial charge in [0.15, 0.2) is 0 Å². The van der Waals surface area contributed by atoms with Gasteiger partial charge in [-0.05, 0) is 17.7 Å². The van der Waals surface area contributed by atoms with E-state index in [0.29, 0.717) is 12.1 Å². The summed E-state index contributed by atoms with van der Waals surface area (Å²) in [5, 5.41) is 8.71. The van der Waals surface area contributed by atoms with Crippen LogP contribution >= 0.6 is 0 Å². The highest BCUT2D eigenvalue weighted by Crippen LogP contribution is 2.55. The molecule has 2 rings (SSSR count). The van der Waals surface area contributed by atoms with Crippen molar-refractivity contribution in [1.82, 2.24) is 0 Å². The predicted octanol–water partition coefficient (Wildman–Crippen LogP) is 4.45. The summed E-state index contributed by atoms with van der Waals surface area (Å²) < 4.78 is 81.6. The summed E-state index contributed by atoms with van der Waals surface area (Å²) in [4.78, 5) is 22.6. The smallest absolute Gasteiger partial charge is 0.416 e. The molecule has 0 spiro atoms. The lowest BCUT2D eigenvalue weighted by atomic mass is 9.66. The molecule has 1 N–H and O–H groups in total. The molecule has 4 nitrogen and oxygen atoms in total. The summed E-state index contributed by atoms with van der Waals surface area (Å²) in [7, 11) is 0. The minimum atomic E-state index is -4.63. The average molecular weight is 396 g/mol. The van der Waals surface area contributed by atoms with Crippen molar-refractivity contribution in [1.29, 1.82) is 0 Å². The third-order valence-corrected chi connectivity index (χ3v) is 4.32. The Morgan fingerprint density at radius 3 is 2.04 bits per heavy atom. The summed E-state index contributed by atoms with van der Waals surface area (Å²) in [5.41, 5.74) is -3.31. The van der Waals surface area contributed by atoms with Crippen molar-refractivity contribution in [2.75, 3.05) is 0 Å². The Labute approximate surface area is 149 Å². The Balaban J connectivity index is 2.26. The van der Waals surface area contributed by atoms with E-state index in [0.717, 1.165) is 12.1 Å². The number of carboxylic acid groups (broad SMARTS) is 1. The number of alkyl halides is 6. The summed E-state index contributed by atoms with van der Waals surface area (Å²) >= 11 is 0. The van der Waals surface area contributed by atoms with Gasteiger partial charge in [-0.15, -0.1) is 0 Å².